The van der Waals surface area contributed by atoms with Crippen molar-refractivity contribution in [1.29, 1.82) is 0 Å². The van der Waals surface area contributed by atoms with E-state index in [1.807, 2.05) is 11.5 Å². The van der Waals surface area contributed by atoms with Gasteiger partial charge in [0.15, 0.2) is 23.1 Å². The summed E-state index contributed by atoms with van der Waals surface area (Å²) in [6, 6.07) is 15.6. The third-order valence-corrected chi connectivity index (χ3v) is 6.50. The highest BCUT2D eigenvalue weighted by atomic mass is 19.1. The number of amides is 1. The van der Waals surface area contributed by atoms with Crippen molar-refractivity contribution in [3.05, 3.63) is 130 Å². The highest BCUT2D eigenvalue weighted by molar-refractivity contribution is 6.05. The molecular weight excluding hydrogens is 555 g/mol. The van der Waals surface area contributed by atoms with Crippen LogP contribution in [-0.2, 0) is 6.54 Å². The summed E-state index contributed by atoms with van der Waals surface area (Å²) in [6.45, 7) is 9.35. The maximum atomic E-state index is 15.3. The molecule has 43 heavy (non-hydrogen) atoms. The minimum Gasteiger partial charge on any atom is -0.761 e. The van der Waals surface area contributed by atoms with Crippen LogP contribution < -0.4 is 30.6 Å². The van der Waals surface area contributed by atoms with E-state index in [1.54, 1.807) is 41.9 Å². The fraction of sp³-hybridized carbons (Fsp3) is 0.125. The van der Waals surface area contributed by atoms with E-state index < -0.39 is 17.3 Å². The molecule has 0 aliphatic carbocycles. The Balaban J connectivity index is 1.64. The van der Waals surface area contributed by atoms with Crippen molar-refractivity contribution in [3.63, 3.8) is 0 Å². The van der Waals surface area contributed by atoms with Crippen LogP contribution in [0.5, 0.6) is 17.2 Å². The zero-order chi connectivity index (χ0) is 31.1. The smallest absolute Gasteiger partial charge is 0.284 e. The molecule has 0 aliphatic rings. The van der Waals surface area contributed by atoms with Gasteiger partial charge in [-0.3, -0.25) is 14.3 Å². The lowest BCUT2D eigenvalue weighted by Gasteiger charge is -2.20. The number of carbonyl (C=O) groups excluding carboxylic acids is 1. The van der Waals surface area contributed by atoms with Gasteiger partial charge >= 0.3 is 0 Å². The molecule has 0 spiro atoms. The second-order valence-corrected chi connectivity index (χ2v) is 9.11. The average Bonchev–Trinajstić information content (AvgIpc) is 3.26. The number of para-hydroxylation sites is 1. The molecule has 1 heterocycles. The van der Waals surface area contributed by atoms with Crippen LogP contribution in [-0.4, -0.2) is 29.5 Å². The van der Waals surface area contributed by atoms with Gasteiger partial charge in [-0.15, -0.1) is 6.58 Å². The van der Waals surface area contributed by atoms with E-state index >= 15 is 4.39 Å². The number of ether oxygens (including phenoxy) is 3. The molecular formula is C32H30FN4O6-. The Hall–Kier alpha value is -5.55. The highest BCUT2D eigenvalue weighted by Gasteiger charge is 2.24. The summed E-state index contributed by atoms with van der Waals surface area (Å²) >= 11 is 0. The number of halogens is 1. The summed E-state index contributed by atoms with van der Waals surface area (Å²) in [5.74, 6) is -1.00. The van der Waals surface area contributed by atoms with E-state index in [-0.39, 0.29) is 40.6 Å². The first kappa shape index (κ1) is 30.4. The summed E-state index contributed by atoms with van der Waals surface area (Å²) in [5.41, 5.74) is 2.66. The van der Waals surface area contributed by atoms with Gasteiger partial charge in [0.25, 0.3) is 11.5 Å². The van der Waals surface area contributed by atoms with Crippen molar-refractivity contribution in [2.75, 3.05) is 25.0 Å². The van der Waals surface area contributed by atoms with E-state index in [4.69, 9.17) is 14.2 Å². The van der Waals surface area contributed by atoms with Crippen molar-refractivity contribution in [2.24, 2.45) is 0 Å². The van der Waals surface area contributed by atoms with Crippen molar-refractivity contribution in [3.8, 4) is 22.9 Å². The van der Waals surface area contributed by atoms with E-state index in [0.717, 1.165) is 6.07 Å². The van der Waals surface area contributed by atoms with Gasteiger partial charge in [-0.1, -0.05) is 36.9 Å². The first-order chi connectivity index (χ1) is 20.8. The summed E-state index contributed by atoms with van der Waals surface area (Å²) in [4.78, 5) is 26.7. The van der Waals surface area contributed by atoms with Crippen LogP contribution in [0.2, 0.25) is 0 Å². The Morgan fingerprint density at radius 2 is 1.72 bits per heavy atom. The Morgan fingerprint density at radius 1 is 1.02 bits per heavy atom. The van der Waals surface area contributed by atoms with Gasteiger partial charge in [0.2, 0.25) is 0 Å². The second kappa shape index (κ2) is 13.4. The number of hydrogen-bond acceptors (Lipinski definition) is 7. The summed E-state index contributed by atoms with van der Waals surface area (Å²) in [5, 5.41) is 14.3. The summed E-state index contributed by atoms with van der Waals surface area (Å²) in [6.07, 6.45) is 4.48. The topological polar surface area (TPSA) is 119 Å². The van der Waals surface area contributed by atoms with Crippen LogP contribution in [0.25, 0.3) is 11.4 Å². The number of hydrogen-bond donors (Lipinski definition) is 2. The van der Waals surface area contributed by atoms with Crippen LogP contribution in [0.15, 0.2) is 96.8 Å². The molecule has 0 radical (unpaired) electrons. The molecule has 0 atom stereocenters. The minimum atomic E-state index is -0.812. The van der Waals surface area contributed by atoms with Gasteiger partial charge in [0.1, 0.15) is 11.3 Å². The van der Waals surface area contributed by atoms with Gasteiger partial charge in [-0.25, -0.2) is 9.07 Å². The Kier molecular flexibility index (Phi) is 9.48. The highest BCUT2D eigenvalue weighted by Crippen LogP contribution is 2.38. The largest absolute Gasteiger partial charge is 0.761 e. The van der Waals surface area contributed by atoms with Crippen LogP contribution in [0.4, 0.5) is 15.8 Å². The number of anilines is 2. The molecule has 0 saturated carbocycles. The fourth-order valence-electron chi connectivity index (χ4n) is 4.50. The zero-order valence-corrected chi connectivity index (χ0v) is 23.8. The fourth-order valence-corrected chi connectivity index (χ4v) is 4.50. The number of nitrogens with one attached hydrogen (secondary N) is 2. The van der Waals surface area contributed by atoms with Gasteiger partial charge in [0.05, 0.1) is 32.1 Å². The molecule has 11 heteroatoms. The normalized spacial score (nSPS) is 11.0. The molecule has 0 bridgehead atoms. The van der Waals surface area contributed by atoms with E-state index in [9.17, 15) is 14.8 Å². The summed E-state index contributed by atoms with van der Waals surface area (Å²) in [7, 11) is 2.86. The van der Waals surface area contributed by atoms with Crippen molar-refractivity contribution in [2.45, 2.75) is 13.5 Å². The number of methoxy groups -OCH3 is 2. The first-order valence-corrected chi connectivity index (χ1v) is 13.0. The van der Waals surface area contributed by atoms with Crippen LogP contribution in [0.1, 0.15) is 21.6 Å². The third-order valence-electron chi connectivity index (χ3n) is 6.50. The molecule has 4 aromatic rings. The van der Waals surface area contributed by atoms with Gasteiger partial charge in [0, 0.05) is 29.1 Å². The third kappa shape index (κ3) is 6.21. The molecule has 0 unspecified atom stereocenters. The average molecular weight is 586 g/mol. The maximum absolute atomic E-state index is 15.3. The molecule has 0 aliphatic heterocycles. The Bertz CT molecular complexity index is 1760. The maximum Gasteiger partial charge on any atom is 0.284 e. The first-order valence-electron chi connectivity index (χ1n) is 13.0. The molecule has 4 rings (SSSR count). The predicted octanol–water partition coefficient (Wildman–Crippen LogP) is 6.06. The Morgan fingerprint density at radius 3 is 2.33 bits per heavy atom. The zero-order valence-electron chi connectivity index (χ0n) is 23.8. The van der Waals surface area contributed by atoms with Crippen molar-refractivity contribution < 1.29 is 23.4 Å². The Labute approximate surface area is 247 Å². The molecule has 0 fully saturated rings. The number of carbonyl (C=O) groups is 1. The van der Waals surface area contributed by atoms with Gasteiger partial charge in [-0.2, -0.15) is 0 Å². The molecule has 2 N–H and O–H groups in total. The number of allylic oxidation sites excluding steroid dienone is 3. The van der Waals surface area contributed by atoms with Crippen LogP contribution in [0, 0.1) is 17.9 Å². The number of benzene rings is 3. The van der Waals surface area contributed by atoms with Crippen molar-refractivity contribution >= 4 is 23.0 Å². The molecule has 0 saturated heterocycles. The standard InChI is InChI=1S/C32H30FN4O6/c1-6-11-26(23-18-28(41-4)29(42-5)19-25(23)35-40)43-27-15-14-21(17-24(27)33)34-31(38)30-20(3)36(16-7-2)37(32(30)39)22-12-9-8-10-13-22/h6-15,17-19,35H,1-2,16H2,3-5H3,(H,34,38)/q-1/b26-11+. The second-order valence-electron chi connectivity index (χ2n) is 9.11. The molecule has 1 amide bonds. The minimum absolute atomic E-state index is 0.0886. The lowest BCUT2D eigenvalue weighted by molar-refractivity contribution is 0.102. The molecule has 1 aromatic heterocycles. The number of aromatic nitrogens is 2. The van der Waals surface area contributed by atoms with Gasteiger partial charge in [-0.05, 0) is 43.3 Å². The summed E-state index contributed by atoms with van der Waals surface area (Å²) < 4.78 is 34.7. The van der Waals surface area contributed by atoms with E-state index in [2.05, 4.69) is 18.5 Å². The SMILES string of the molecule is C=C/C=C(/Oc1ccc(NC(=O)c2c(C)n(CC=C)n(-c3ccccc3)c2=O)cc1F)c1cc(OC)c(OC)cc1N[O-]. The molecule has 222 valence electrons. The van der Waals surface area contributed by atoms with Crippen molar-refractivity contribution in [1.82, 2.24) is 9.36 Å². The van der Waals surface area contributed by atoms with Crippen LogP contribution in [0.3, 0.4) is 0 Å². The van der Waals surface area contributed by atoms with Gasteiger partial charge < -0.3 is 30.2 Å². The quantitative estimate of drug-likeness (QED) is 0.0898. The lowest BCUT2D eigenvalue weighted by atomic mass is 10.1. The molecule has 10 nitrogen and oxygen atoms in total. The van der Waals surface area contributed by atoms with E-state index in [0.29, 0.717) is 22.9 Å². The molecule has 3 aromatic carbocycles. The van der Waals surface area contributed by atoms with Crippen LogP contribution >= 0.6 is 0 Å². The number of nitrogens with zero attached hydrogens (tertiary/aromatic N) is 2. The monoisotopic (exact) mass is 585 g/mol. The predicted molar refractivity (Wildman–Crippen MR) is 165 cm³/mol. The lowest BCUT2D eigenvalue weighted by Crippen LogP contribution is -2.25. The van der Waals surface area contributed by atoms with E-state index in [1.165, 1.54) is 55.3 Å². The number of rotatable bonds is 12.